The second-order valence-corrected chi connectivity index (χ2v) is 10.3. The number of anilines is 1. The minimum atomic E-state index is -0.896. The van der Waals surface area contributed by atoms with Crippen LogP contribution in [0.2, 0.25) is 5.02 Å². The van der Waals surface area contributed by atoms with E-state index in [1.165, 1.54) is 36.4 Å². The van der Waals surface area contributed by atoms with Gasteiger partial charge in [0, 0.05) is 44.6 Å². The summed E-state index contributed by atoms with van der Waals surface area (Å²) >= 11 is 6.41. The van der Waals surface area contributed by atoms with Crippen molar-refractivity contribution in [1.82, 2.24) is 29.7 Å². The van der Waals surface area contributed by atoms with Gasteiger partial charge in [0.1, 0.15) is 29.0 Å². The van der Waals surface area contributed by atoms with Crippen LogP contribution in [0.25, 0.3) is 11.4 Å². The number of aliphatic hydroxyl groups is 1. The third kappa shape index (κ3) is 6.26. The number of nitrogens with one attached hydrogen (secondary N) is 2. The molecule has 1 fully saturated rings. The average molecular weight is 588 g/mol. The van der Waals surface area contributed by atoms with Gasteiger partial charge in [-0.25, -0.2) is 19.3 Å². The maximum Gasteiger partial charge on any atom is 0.290 e. The molecule has 2 aromatic heterocycles. The maximum absolute atomic E-state index is 14.0. The number of methoxy groups -OCH3 is 1. The van der Waals surface area contributed by atoms with E-state index >= 15 is 0 Å². The molecule has 1 aromatic carbocycles. The molecule has 2 amide bonds. The van der Waals surface area contributed by atoms with Crippen LogP contribution in [0.5, 0.6) is 5.75 Å². The number of halogens is 2. The number of nitrogens with zero attached hydrogens (tertiary/aromatic N) is 5. The zero-order valence-electron chi connectivity index (χ0n) is 22.6. The Kier molecular flexibility index (Phi) is 8.66. The highest BCUT2D eigenvalue weighted by atomic mass is 35.5. The molecule has 12 nitrogen and oxygen atoms in total. The van der Waals surface area contributed by atoms with Crippen LogP contribution in [-0.4, -0.2) is 86.9 Å². The van der Waals surface area contributed by atoms with Crippen LogP contribution in [-0.2, 0) is 16.1 Å². The fraction of sp³-hybridized carbons (Fsp3) is 0.444. The molecule has 0 radical (unpaired) electrons. The van der Waals surface area contributed by atoms with Crippen molar-refractivity contribution in [3.05, 3.63) is 52.8 Å². The lowest BCUT2D eigenvalue weighted by atomic mass is 10.1. The fourth-order valence-electron chi connectivity index (χ4n) is 4.90. The molecule has 3 N–H and O–H groups in total. The summed E-state index contributed by atoms with van der Waals surface area (Å²) in [5.41, 5.74) is 1.14. The standard InChI is InChI=1S/C27H31ClFN7O5/c1-15(25(38)33-22(14-37)16-9-17(29)11-19(10-16)40-2)36-6-5-35-13-21(32-24(35)26(36)39)23-20(28)12-30-27(34-23)31-18-3-7-41-8-4-18/h9-13,15,18,22,37H,3-8,14H2,1-2H3,(H,33,38)(H,30,31,34)/t15-,22-/m1/s1. The normalized spacial score (nSPS) is 17.1. The van der Waals surface area contributed by atoms with Crippen LogP contribution >= 0.6 is 11.6 Å². The van der Waals surface area contributed by atoms with Crippen molar-refractivity contribution in [3.63, 3.8) is 0 Å². The van der Waals surface area contributed by atoms with E-state index < -0.39 is 36.3 Å². The fourth-order valence-corrected chi connectivity index (χ4v) is 5.09. The zero-order valence-corrected chi connectivity index (χ0v) is 23.4. The molecule has 0 unspecified atom stereocenters. The molecule has 41 heavy (non-hydrogen) atoms. The summed E-state index contributed by atoms with van der Waals surface area (Å²) in [6.45, 7) is 3.09. The van der Waals surface area contributed by atoms with Gasteiger partial charge in [-0.15, -0.1) is 0 Å². The van der Waals surface area contributed by atoms with Crippen molar-refractivity contribution in [2.45, 2.75) is 44.4 Å². The Morgan fingerprint density at radius 3 is 2.78 bits per heavy atom. The molecular weight excluding hydrogens is 557 g/mol. The monoisotopic (exact) mass is 587 g/mol. The van der Waals surface area contributed by atoms with Crippen molar-refractivity contribution in [2.75, 3.05) is 38.8 Å². The highest BCUT2D eigenvalue weighted by Crippen LogP contribution is 2.28. The molecular formula is C27H31ClFN7O5. The molecule has 0 aliphatic carbocycles. The second kappa shape index (κ2) is 12.4. The van der Waals surface area contributed by atoms with Gasteiger partial charge in [-0.3, -0.25) is 9.59 Å². The molecule has 4 heterocycles. The van der Waals surface area contributed by atoms with Gasteiger partial charge >= 0.3 is 0 Å². The summed E-state index contributed by atoms with van der Waals surface area (Å²) in [6, 6.07) is 2.34. The zero-order chi connectivity index (χ0) is 29.1. The maximum atomic E-state index is 14.0. The first-order chi connectivity index (χ1) is 19.8. The molecule has 3 aromatic rings. The van der Waals surface area contributed by atoms with E-state index in [-0.39, 0.29) is 24.2 Å². The lowest BCUT2D eigenvalue weighted by Gasteiger charge is -2.32. The van der Waals surface area contributed by atoms with Gasteiger partial charge < -0.3 is 34.7 Å². The van der Waals surface area contributed by atoms with Crippen molar-refractivity contribution in [2.24, 2.45) is 0 Å². The van der Waals surface area contributed by atoms with Gasteiger partial charge in [-0.1, -0.05) is 11.6 Å². The Balaban J connectivity index is 1.30. The van der Waals surface area contributed by atoms with Crippen LogP contribution in [0.4, 0.5) is 10.3 Å². The SMILES string of the molecule is COc1cc(F)cc([C@@H](CO)NC(=O)[C@@H](C)N2CCn3cc(-c4nc(NC5CCOCC5)ncc4Cl)nc3C2=O)c1. The van der Waals surface area contributed by atoms with E-state index in [1.807, 2.05) is 0 Å². The Labute approximate surface area is 240 Å². The number of carbonyl (C=O) groups is 2. The summed E-state index contributed by atoms with van der Waals surface area (Å²) in [5, 5.41) is 16.2. The molecule has 2 aliphatic rings. The predicted molar refractivity (Wildman–Crippen MR) is 147 cm³/mol. The highest BCUT2D eigenvalue weighted by Gasteiger charge is 2.34. The number of rotatable bonds is 9. The summed E-state index contributed by atoms with van der Waals surface area (Å²) < 4.78 is 26.2. The van der Waals surface area contributed by atoms with Crippen LogP contribution in [0.15, 0.2) is 30.6 Å². The topological polar surface area (TPSA) is 144 Å². The van der Waals surface area contributed by atoms with Gasteiger partial charge in [-0.2, -0.15) is 0 Å². The average Bonchev–Trinajstić information content (AvgIpc) is 3.42. The summed E-state index contributed by atoms with van der Waals surface area (Å²) in [6.07, 6.45) is 4.88. The molecule has 218 valence electrons. The summed E-state index contributed by atoms with van der Waals surface area (Å²) in [4.78, 5) is 41.3. The number of hydrogen-bond donors (Lipinski definition) is 3. The molecule has 0 saturated carbocycles. The van der Waals surface area contributed by atoms with Crippen molar-refractivity contribution in [3.8, 4) is 17.1 Å². The number of aliphatic hydroxyl groups excluding tert-OH is 1. The Morgan fingerprint density at radius 1 is 1.27 bits per heavy atom. The molecule has 5 rings (SSSR count). The number of hydrogen-bond acceptors (Lipinski definition) is 9. The molecule has 2 aliphatic heterocycles. The van der Waals surface area contributed by atoms with Crippen molar-refractivity contribution < 1.29 is 28.6 Å². The van der Waals surface area contributed by atoms with Gasteiger partial charge in [0.15, 0.2) is 5.82 Å². The van der Waals surface area contributed by atoms with E-state index in [0.717, 1.165) is 12.8 Å². The van der Waals surface area contributed by atoms with E-state index in [9.17, 15) is 19.1 Å². The van der Waals surface area contributed by atoms with Crippen LogP contribution in [0.1, 0.15) is 42.0 Å². The van der Waals surface area contributed by atoms with E-state index in [1.54, 1.807) is 17.7 Å². The number of amides is 2. The minimum absolute atomic E-state index is 0.146. The summed E-state index contributed by atoms with van der Waals surface area (Å²) in [5.74, 6) is -0.704. The quantitative estimate of drug-likeness (QED) is 0.344. The van der Waals surface area contributed by atoms with Gasteiger partial charge in [0.2, 0.25) is 11.9 Å². The lowest BCUT2D eigenvalue weighted by molar-refractivity contribution is -0.126. The van der Waals surface area contributed by atoms with Gasteiger partial charge in [0.25, 0.3) is 5.91 Å². The van der Waals surface area contributed by atoms with E-state index in [2.05, 4.69) is 25.6 Å². The predicted octanol–water partition coefficient (Wildman–Crippen LogP) is 2.43. The molecule has 14 heteroatoms. The van der Waals surface area contributed by atoms with Gasteiger partial charge in [-0.05, 0) is 37.5 Å². The third-order valence-electron chi connectivity index (χ3n) is 7.23. The molecule has 0 bridgehead atoms. The van der Waals surface area contributed by atoms with Crippen LogP contribution in [0, 0.1) is 5.82 Å². The first kappa shape index (κ1) is 28.7. The number of benzene rings is 1. The number of fused-ring (bicyclic) bond motifs is 1. The lowest BCUT2D eigenvalue weighted by Crippen LogP contribution is -2.52. The van der Waals surface area contributed by atoms with Gasteiger partial charge in [0.05, 0.1) is 31.0 Å². The number of carbonyl (C=O) groups excluding carboxylic acids is 2. The number of imidazole rings is 1. The first-order valence-electron chi connectivity index (χ1n) is 13.3. The van der Waals surface area contributed by atoms with Crippen molar-refractivity contribution in [1.29, 1.82) is 0 Å². The number of ether oxygens (including phenoxy) is 2. The van der Waals surface area contributed by atoms with Crippen LogP contribution in [0.3, 0.4) is 0 Å². The number of aromatic nitrogens is 4. The molecule has 2 atom stereocenters. The Bertz CT molecular complexity index is 1430. The third-order valence-corrected chi connectivity index (χ3v) is 7.51. The molecule has 1 saturated heterocycles. The molecule has 0 spiro atoms. The summed E-state index contributed by atoms with van der Waals surface area (Å²) in [7, 11) is 1.40. The van der Waals surface area contributed by atoms with E-state index in [4.69, 9.17) is 21.1 Å². The largest absolute Gasteiger partial charge is 0.497 e. The highest BCUT2D eigenvalue weighted by molar-refractivity contribution is 6.32. The van der Waals surface area contributed by atoms with Crippen LogP contribution < -0.4 is 15.4 Å². The smallest absolute Gasteiger partial charge is 0.290 e. The first-order valence-corrected chi connectivity index (χ1v) is 13.7. The minimum Gasteiger partial charge on any atom is -0.497 e. The van der Waals surface area contributed by atoms with E-state index in [0.29, 0.717) is 47.7 Å². The Hall–Kier alpha value is -3.81. The van der Waals surface area contributed by atoms with Crippen molar-refractivity contribution >= 4 is 29.4 Å². The second-order valence-electron chi connectivity index (χ2n) is 9.91. The Morgan fingerprint density at radius 2 is 2.05 bits per heavy atom.